The molecule has 4 aromatic rings. The number of hydrogen-bond acceptors (Lipinski definition) is 6. The first-order chi connectivity index (χ1) is 15.9. The molecule has 5 rings (SSSR count). The summed E-state index contributed by atoms with van der Waals surface area (Å²) in [5.41, 5.74) is 9.29. The number of nitrogens with two attached hydrogens (primary N) is 1. The maximum Gasteiger partial charge on any atom is 0.258 e. The number of nitrogens with zero attached hydrogens (tertiary/aromatic N) is 4. The number of aryl methyl sites for hydroxylation is 1. The highest BCUT2D eigenvalue weighted by Crippen LogP contribution is 2.23. The molecule has 0 saturated carbocycles. The summed E-state index contributed by atoms with van der Waals surface area (Å²) >= 11 is 5.97. The molecule has 33 heavy (non-hydrogen) atoms. The second-order valence-electron chi connectivity index (χ2n) is 7.52. The lowest BCUT2D eigenvalue weighted by Gasteiger charge is -2.04. The minimum atomic E-state index is -0.279. The molecule has 0 aliphatic carbocycles. The van der Waals surface area contributed by atoms with E-state index in [1.807, 2.05) is 33.0 Å². The number of nitriles is 1. The maximum absolute atomic E-state index is 12.3. The third-order valence-corrected chi connectivity index (χ3v) is 5.48. The van der Waals surface area contributed by atoms with Crippen molar-refractivity contribution >= 4 is 33.8 Å². The molecular weight excluding hydrogens is 438 g/mol. The van der Waals surface area contributed by atoms with E-state index in [1.165, 1.54) is 32.0 Å². The number of anilines is 1. The average Bonchev–Trinajstić information content (AvgIpc) is 3.49. The molecule has 0 spiro atoms. The molecular formula is C24H28ClN7O. The van der Waals surface area contributed by atoms with Gasteiger partial charge >= 0.3 is 0 Å². The van der Waals surface area contributed by atoms with Crippen LogP contribution in [0.15, 0.2) is 35.4 Å². The number of H-pyrrole nitrogens is 1. The minimum Gasteiger partial charge on any atom is -0.397 e. The van der Waals surface area contributed by atoms with Crippen molar-refractivity contribution in [2.45, 2.75) is 40.0 Å². The van der Waals surface area contributed by atoms with Crippen LogP contribution in [0.4, 0.5) is 5.69 Å². The Morgan fingerprint density at radius 3 is 2.55 bits per heavy atom. The summed E-state index contributed by atoms with van der Waals surface area (Å²) in [5, 5.41) is 13.1. The Hall–Kier alpha value is -3.41. The predicted molar refractivity (Wildman–Crippen MR) is 133 cm³/mol. The van der Waals surface area contributed by atoms with Gasteiger partial charge in [-0.15, -0.1) is 0 Å². The van der Waals surface area contributed by atoms with Crippen LogP contribution < -0.4 is 16.6 Å². The highest BCUT2D eigenvalue weighted by Gasteiger charge is 2.11. The summed E-state index contributed by atoms with van der Waals surface area (Å²) < 4.78 is 1.79. The molecule has 0 amide bonds. The third kappa shape index (κ3) is 5.69. The molecule has 0 atom stereocenters. The first kappa shape index (κ1) is 24.2. The number of imidazole rings is 1. The molecule has 1 aliphatic rings. The van der Waals surface area contributed by atoms with Gasteiger partial charge in [-0.1, -0.05) is 25.4 Å². The first-order valence-corrected chi connectivity index (χ1v) is 11.4. The van der Waals surface area contributed by atoms with Crippen molar-refractivity contribution < 1.29 is 0 Å². The molecule has 8 nitrogen and oxygen atoms in total. The number of nitrogen functional groups attached to an aromatic ring is 1. The van der Waals surface area contributed by atoms with E-state index in [4.69, 9.17) is 22.6 Å². The molecule has 1 aliphatic heterocycles. The summed E-state index contributed by atoms with van der Waals surface area (Å²) in [6, 6.07) is 7.10. The normalized spacial score (nSPS) is 12.6. The smallest absolute Gasteiger partial charge is 0.258 e. The van der Waals surface area contributed by atoms with Gasteiger partial charge in [0.05, 0.1) is 32.9 Å². The van der Waals surface area contributed by atoms with Gasteiger partial charge in [0.15, 0.2) is 0 Å². The van der Waals surface area contributed by atoms with Gasteiger partial charge < -0.3 is 20.4 Å². The topological polar surface area (TPSA) is 125 Å². The zero-order valence-electron chi connectivity index (χ0n) is 19.1. The maximum atomic E-state index is 12.3. The van der Waals surface area contributed by atoms with E-state index in [0.717, 1.165) is 16.9 Å². The second-order valence-corrected chi connectivity index (χ2v) is 7.92. The molecule has 172 valence electrons. The fraction of sp³-hybridized carbons (Fsp3) is 0.333. The Morgan fingerprint density at radius 1 is 1.18 bits per heavy atom. The van der Waals surface area contributed by atoms with Gasteiger partial charge in [0.1, 0.15) is 17.5 Å². The Kier molecular flexibility index (Phi) is 8.04. The highest BCUT2D eigenvalue weighted by molar-refractivity contribution is 6.33. The fourth-order valence-corrected chi connectivity index (χ4v) is 3.65. The van der Waals surface area contributed by atoms with Gasteiger partial charge in [-0.05, 0) is 56.6 Å². The zero-order chi connectivity index (χ0) is 24.0. The molecule has 1 aromatic carbocycles. The van der Waals surface area contributed by atoms with E-state index in [-0.39, 0.29) is 5.56 Å². The van der Waals surface area contributed by atoms with Crippen molar-refractivity contribution in [1.82, 2.24) is 24.7 Å². The van der Waals surface area contributed by atoms with Crippen molar-refractivity contribution in [3.05, 3.63) is 68.6 Å². The number of halogens is 1. The lowest BCUT2D eigenvalue weighted by atomic mass is 10.2. The number of rotatable bonds is 2. The van der Waals surface area contributed by atoms with E-state index in [0.29, 0.717) is 39.4 Å². The van der Waals surface area contributed by atoms with Crippen molar-refractivity contribution in [2.24, 2.45) is 0 Å². The average molecular weight is 466 g/mol. The van der Waals surface area contributed by atoms with E-state index in [9.17, 15) is 4.79 Å². The number of nitrogens with one attached hydrogen (secondary N) is 2. The first-order valence-electron chi connectivity index (χ1n) is 11.0. The molecule has 9 heteroatoms. The second kappa shape index (κ2) is 10.9. The van der Waals surface area contributed by atoms with Crippen LogP contribution in [0.3, 0.4) is 0 Å². The summed E-state index contributed by atoms with van der Waals surface area (Å²) in [6.07, 6.45) is 6.67. The summed E-state index contributed by atoms with van der Waals surface area (Å²) in [6.45, 7) is 8.37. The molecule has 4 N–H and O–H groups in total. The standard InChI is InChI=1S/C18H13ClN6O.C4H9N.C2H6/c1-9-2-17-22-11(8-25(17)7-10(9)6-20)3-16-23-15-5-14(21)13(19)4-12(15)18(26)24-16;1-2-4-5-3-1;1-2/h2,4-5,7-8H,3,21H2,1H3,(H,23,24,26);5H,1-4H2;1-2H3. The summed E-state index contributed by atoms with van der Waals surface area (Å²) in [4.78, 5) is 24.0. The Morgan fingerprint density at radius 2 is 1.91 bits per heavy atom. The third-order valence-electron chi connectivity index (χ3n) is 5.15. The van der Waals surface area contributed by atoms with Crippen molar-refractivity contribution in [2.75, 3.05) is 18.8 Å². The molecule has 0 unspecified atom stereocenters. The number of pyridine rings is 1. The number of aromatic nitrogens is 4. The van der Waals surface area contributed by atoms with E-state index < -0.39 is 0 Å². The molecule has 4 heterocycles. The summed E-state index contributed by atoms with van der Waals surface area (Å²) in [7, 11) is 0. The van der Waals surface area contributed by atoms with Crippen LogP contribution in [0.25, 0.3) is 16.6 Å². The summed E-state index contributed by atoms with van der Waals surface area (Å²) in [5.74, 6) is 0.477. The van der Waals surface area contributed by atoms with Crippen LogP contribution in [-0.4, -0.2) is 32.4 Å². The van der Waals surface area contributed by atoms with Crippen molar-refractivity contribution in [1.29, 1.82) is 5.26 Å². The van der Waals surface area contributed by atoms with Crippen LogP contribution in [0.2, 0.25) is 5.02 Å². The molecule has 1 saturated heterocycles. The monoisotopic (exact) mass is 465 g/mol. The van der Waals surface area contributed by atoms with Crippen LogP contribution in [0.1, 0.15) is 49.3 Å². The van der Waals surface area contributed by atoms with E-state index in [1.54, 1.807) is 16.7 Å². The molecule has 1 fully saturated rings. The molecule has 0 radical (unpaired) electrons. The molecule has 0 bridgehead atoms. The number of aromatic amines is 1. The largest absolute Gasteiger partial charge is 0.397 e. The van der Waals surface area contributed by atoms with Gasteiger partial charge in [0, 0.05) is 18.8 Å². The number of fused-ring (bicyclic) bond motifs is 2. The quantitative estimate of drug-likeness (QED) is 0.384. The van der Waals surface area contributed by atoms with E-state index in [2.05, 4.69) is 26.3 Å². The predicted octanol–water partition coefficient (Wildman–Crippen LogP) is 3.97. The zero-order valence-corrected chi connectivity index (χ0v) is 19.8. The SMILES string of the molecule is C1CCNC1.CC.Cc1cc2nc(Cc3nc4cc(N)c(Cl)cc4c(=O)[nH]3)cn2cc1C#N. The minimum absolute atomic E-state index is 0.279. The van der Waals surface area contributed by atoms with Crippen LogP contribution in [0, 0.1) is 18.3 Å². The Balaban J connectivity index is 0.000000381. The van der Waals surface area contributed by atoms with Gasteiger partial charge in [-0.25, -0.2) is 9.97 Å². The fourth-order valence-electron chi connectivity index (χ4n) is 3.49. The van der Waals surface area contributed by atoms with Gasteiger partial charge in [-0.2, -0.15) is 5.26 Å². The molecule has 3 aromatic heterocycles. The Bertz CT molecular complexity index is 1360. The van der Waals surface area contributed by atoms with Crippen molar-refractivity contribution in [3.63, 3.8) is 0 Å². The van der Waals surface area contributed by atoms with E-state index >= 15 is 0 Å². The highest BCUT2D eigenvalue weighted by atomic mass is 35.5. The van der Waals surface area contributed by atoms with Crippen molar-refractivity contribution in [3.8, 4) is 6.07 Å². The van der Waals surface area contributed by atoms with Crippen LogP contribution in [0.5, 0.6) is 0 Å². The Labute approximate surface area is 197 Å². The lowest BCUT2D eigenvalue weighted by molar-refractivity contribution is 0.857. The number of hydrogen-bond donors (Lipinski definition) is 3. The van der Waals surface area contributed by atoms with Gasteiger partial charge in [0.25, 0.3) is 5.56 Å². The lowest BCUT2D eigenvalue weighted by Crippen LogP contribution is -2.12. The van der Waals surface area contributed by atoms with Crippen LogP contribution in [-0.2, 0) is 6.42 Å². The van der Waals surface area contributed by atoms with Gasteiger partial charge in [0.2, 0.25) is 0 Å². The van der Waals surface area contributed by atoms with Crippen LogP contribution >= 0.6 is 11.6 Å². The number of benzene rings is 1. The van der Waals surface area contributed by atoms with Gasteiger partial charge in [-0.3, -0.25) is 4.79 Å².